The van der Waals surface area contributed by atoms with E-state index in [9.17, 15) is 0 Å². The third kappa shape index (κ3) is 5.46. The second-order valence-corrected chi connectivity index (χ2v) is 6.83. The number of hydrogen-bond donors (Lipinski definition) is 2. The highest BCUT2D eigenvalue weighted by atomic mass is 32.1. The first-order valence-corrected chi connectivity index (χ1v) is 8.66. The first kappa shape index (κ1) is 18.1. The van der Waals surface area contributed by atoms with Crippen molar-refractivity contribution < 1.29 is 0 Å². The third-order valence-corrected chi connectivity index (χ3v) is 4.01. The number of hydrazone groups is 1. The quantitative estimate of drug-likeness (QED) is 0.443. The summed E-state index contributed by atoms with van der Waals surface area (Å²) in [5.41, 5.74) is 7.46. The fraction of sp³-hybridized carbons (Fsp3) is 0.300. The van der Waals surface area contributed by atoms with E-state index in [2.05, 4.69) is 79.9 Å². The molecule has 0 aliphatic rings. The third-order valence-electron chi connectivity index (χ3n) is 3.82. The van der Waals surface area contributed by atoms with Crippen molar-refractivity contribution in [1.82, 2.24) is 5.43 Å². The Morgan fingerprint density at radius 3 is 1.88 bits per heavy atom. The summed E-state index contributed by atoms with van der Waals surface area (Å²) in [4.78, 5) is 0. The lowest BCUT2D eigenvalue weighted by Gasteiger charge is -2.09. The molecule has 0 saturated carbocycles. The van der Waals surface area contributed by atoms with Crippen molar-refractivity contribution >= 4 is 29.2 Å². The molecule has 0 aliphatic heterocycles. The van der Waals surface area contributed by atoms with Gasteiger partial charge in [-0.1, -0.05) is 64.1 Å². The zero-order chi connectivity index (χ0) is 17.5. The molecular formula is C20H25N3S. The minimum Gasteiger partial charge on any atom is -0.331 e. The molecule has 0 amide bonds. The fourth-order valence-electron chi connectivity index (χ4n) is 2.24. The summed E-state index contributed by atoms with van der Waals surface area (Å²) in [5.74, 6) is 1.06. The van der Waals surface area contributed by atoms with Gasteiger partial charge in [-0.2, -0.15) is 5.10 Å². The Morgan fingerprint density at radius 1 is 0.875 bits per heavy atom. The molecule has 0 spiro atoms. The minimum atomic E-state index is 0.474. The van der Waals surface area contributed by atoms with Crippen LogP contribution in [0.2, 0.25) is 0 Å². The van der Waals surface area contributed by atoms with E-state index >= 15 is 0 Å². The van der Waals surface area contributed by atoms with Gasteiger partial charge in [-0.25, -0.2) is 0 Å². The topological polar surface area (TPSA) is 36.4 Å². The van der Waals surface area contributed by atoms with E-state index in [1.54, 1.807) is 6.21 Å². The molecule has 0 aliphatic carbocycles. The lowest BCUT2D eigenvalue weighted by Crippen LogP contribution is -2.23. The van der Waals surface area contributed by atoms with E-state index in [4.69, 9.17) is 12.2 Å². The van der Waals surface area contributed by atoms with Crippen LogP contribution in [0.3, 0.4) is 0 Å². The van der Waals surface area contributed by atoms with Gasteiger partial charge in [0.05, 0.1) is 6.21 Å². The summed E-state index contributed by atoms with van der Waals surface area (Å²) in [6.07, 6.45) is 1.76. The molecule has 4 heteroatoms. The summed E-state index contributed by atoms with van der Waals surface area (Å²) in [7, 11) is 0. The van der Waals surface area contributed by atoms with Crippen molar-refractivity contribution in [3.05, 3.63) is 65.2 Å². The highest BCUT2D eigenvalue weighted by molar-refractivity contribution is 7.80. The van der Waals surface area contributed by atoms with Crippen LogP contribution >= 0.6 is 12.2 Å². The van der Waals surface area contributed by atoms with Crippen LogP contribution in [0.5, 0.6) is 0 Å². The van der Waals surface area contributed by atoms with Gasteiger partial charge in [0.1, 0.15) is 0 Å². The molecule has 0 atom stereocenters. The van der Waals surface area contributed by atoms with E-state index in [0.29, 0.717) is 16.9 Å². The number of rotatable bonds is 5. The Morgan fingerprint density at radius 2 is 1.38 bits per heavy atom. The smallest absolute Gasteiger partial charge is 0.191 e. The Bertz CT molecular complexity index is 686. The number of anilines is 1. The predicted molar refractivity (Wildman–Crippen MR) is 108 cm³/mol. The molecule has 2 rings (SSSR count). The average Bonchev–Trinajstić information content (AvgIpc) is 2.55. The summed E-state index contributed by atoms with van der Waals surface area (Å²) >= 11 is 5.25. The standard InChI is InChI=1S/C20H25N3S/c1-14(2)17-7-5-16(6-8-17)13-21-23-20(24)22-19-11-9-18(10-12-19)15(3)4/h5-15H,1-4H3,(H2,22,23,24)/b21-13-. The monoisotopic (exact) mass is 339 g/mol. The predicted octanol–water partition coefficient (Wildman–Crippen LogP) is 5.25. The maximum Gasteiger partial charge on any atom is 0.191 e. The molecule has 24 heavy (non-hydrogen) atoms. The van der Waals surface area contributed by atoms with E-state index in [0.717, 1.165) is 11.3 Å². The van der Waals surface area contributed by atoms with Crippen LogP contribution in [0.25, 0.3) is 0 Å². The Labute approximate surface area is 150 Å². The van der Waals surface area contributed by atoms with E-state index < -0.39 is 0 Å². The van der Waals surface area contributed by atoms with Crippen molar-refractivity contribution in [1.29, 1.82) is 0 Å². The van der Waals surface area contributed by atoms with Crippen LogP contribution in [0.4, 0.5) is 5.69 Å². The number of nitrogens with one attached hydrogen (secondary N) is 2. The summed E-state index contributed by atoms with van der Waals surface area (Å²) in [5, 5.41) is 7.78. The van der Waals surface area contributed by atoms with Gasteiger partial charge in [0.15, 0.2) is 5.11 Å². The van der Waals surface area contributed by atoms with Crippen LogP contribution in [0.15, 0.2) is 53.6 Å². The summed E-state index contributed by atoms with van der Waals surface area (Å²) < 4.78 is 0. The minimum absolute atomic E-state index is 0.474. The first-order valence-electron chi connectivity index (χ1n) is 8.25. The Balaban J connectivity index is 1.86. The number of nitrogens with zero attached hydrogens (tertiary/aromatic N) is 1. The number of thiocarbonyl (C=S) groups is 1. The maximum atomic E-state index is 5.25. The molecule has 126 valence electrons. The zero-order valence-electron chi connectivity index (χ0n) is 14.7. The Kier molecular flexibility index (Phi) is 6.50. The second-order valence-electron chi connectivity index (χ2n) is 6.42. The van der Waals surface area contributed by atoms with Crippen LogP contribution in [0, 0.1) is 0 Å². The normalized spacial score (nSPS) is 11.2. The SMILES string of the molecule is CC(C)c1ccc(/C=N\NC(=S)Nc2ccc(C(C)C)cc2)cc1. The van der Waals surface area contributed by atoms with Crippen molar-refractivity contribution in [3.8, 4) is 0 Å². The molecule has 3 nitrogen and oxygen atoms in total. The van der Waals surface area contributed by atoms with Crippen molar-refractivity contribution in [2.45, 2.75) is 39.5 Å². The lowest BCUT2D eigenvalue weighted by molar-refractivity contribution is 0.866. The van der Waals surface area contributed by atoms with Crippen molar-refractivity contribution in [3.63, 3.8) is 0 Å². The van der Waals surface area contributed by atoms with Crippen molar-refractivity contribution in [2.24, 2.45) is 5.10 Å². The molecule has 0 radical (unpaired) electrons. The molecule has 0 aromatic heterocycles. The molecule has 0 bridgehead atoms. The van der Waals surface area contributed by atoms with Gasteiger partial charge in [-0.15, -0.1) is 0 Å². The molecule has 0 fully saturated rings. The van der Waals surface area contributed by atoms with Gasteiger partial charge in [0, 0.05) is 5.69 Å². The van der Waals surface area contributed by atoms with Crippen molar-refractivity contribution in [2.75, 3.05) is 5.32 Å². The number of hydrogen-bond acceptors (Lipinski definition) is 2. The molecule has 0 saturated heterocycles. The van der Waals surface area contributed by atoms with Crippen LogP contribution in [-0.4, -0.2) is 11.3 Å². The zero-order valence-corrected chi connectivity index (χ0v) is 15.5. The fourth-order valence-corrected chi connectivity index (χ4v) is 2.41. The van der Waals surface area contributed by atoms with Gasteiger partial charge in [0.2, 0.25) is 0 Å². The summed E-state index contributed by atoms with van der Waals surface area (Å²) in [6, 6.07) is 16.6. The van der Waals surface area contributed by atoms with Gasteiger partial charge in [0.25, 0.3) is 0 Å². The Hall–Kier alpha value is -2.20. The summed E-state index contributed by atoms with van der Waals surface area (Å²) in [6.45, 7) is 8.72. The maximum absolute atomic E-state index is 5.25. The first-order chi connectivity index (χ1) is 11.5. The number of benzene rings is 2. The highest BCUT2D eigenvalue weighted by Crippen LogP contribution is 2.17. The largest absolute Gasteiger partial charge is 0.331 e. The second kappa shape index (κ2) is 8.60. The van der Waals surface area contributed by atoms with Gasteiger partial charge in [-0.3, -0.25) is 5.43 Å². The lowest BCUT2D eigenvalue weighted by atomic mass is 10.0. The molecule has 2 aromatic rings. The molecule has 0 heterocycles. The molecule has 0 unspecified atom stereocenters. The van der Waals surface area contributed by atoms with Crippen LogP contribution < -0.4 is 10.7 Å². The van der Waals surface area contributed by atoms with E-state index in [1.165, 1.54) is 11.1 Å². The molecular weight excluding hydrogens is 314 g/mol. The van der Waals surface area contributed by atoms with Gasteiger partial charge in [-0.05, 0) is 52.9 Å². The average molecular weight is 340 g/mol. The van der Waals surface area contributed by atoms with Crippen LogP contribution in [0.1, 0.15) is 56.2 Å². The van der Waals surface area contributed by atoms with Gasteiger partial charge < -0.3 is 5.32 Å². The van der Waals surface area contributed by atoms with Gasteiger partial charge >= 0.3 is 0 Å². The van der Waals surface area contributed by atoms with Crippen LogP contribution in [-0.2, 0) is 0 Å². The molecule has 2 N–H and O–H groups in total. The highest BCUT2D eigenvalue weighted by Gasteiger charge is 2.00. The molecule has 2 aromatic carbocycles. The van der Waals surface area contributed by atoms with E-state index in [-0.39, 0.29) is 0 Å². The van der Waals surface area contributed by atoms with E-state index in [1.807, 2.05) is 12.1 Å².